The van der Waals surface area contributed by atoms with Crippen molar-refractivity contribution in [3.63, 3.8) is 0 Å². The highest BCUT2D eigenvalue weighted by Gasteiger charge is 2.40. The molecule has 0 bridgehead atoms. The van der Waals surface area contributed by atoms with Gasteiger partial charge in [-0.1, -0.05) is 32.9 Å². The Morgan fingerprint density at radius 2 is 1.83 bits per heavy atom. The zero-order valence-electron chi connectivity index (χ0n) is 19.8. The molecule has 3 aromatic rings. The van der Waals surface area contributed by atoms with E-state index in [0.717, 1.165) is 12.4 Å². The second-order valence-electron chi connectivity index (χ2n) is 10.3. The van der Waals surface area contributed by atoms with Crippen molar-refractivity contribution < 1.29 is 35.1 Å². The molecule has 4 rings (SSSR count). The van der Waals surface area contributed by atoms with Gasteiger partial charge in [0.15, 0.2) is 12.4 Å². The van der Waals surface area contributed by atoms with E-state index >= 15 is 0 Å². The molecule has 0 radical (unpaired) electrons. The second kappa shape index (κ2) is 8.98. The molecule has 1 aliphatic rings. The quantitative estimate of drug-likeness (QED) is 0.252. The van der Waals surface area contributed by atoms with Crippen molar-refractivity contribution in [3.05, 3.63) is 59.2 Å². The molecule has 0 saturated heterocycles. The summed E-state index contributed by atoms with van der Waals surface area (Å²) in [5.41, 5.74) is -1.25. The van der Waals surface area contributed by atoms with Gasteiger partial charge in [0.1, 0.15) is 6.04 Å². The van der Waals surface area contributed by atoms with Crippen LogP contribution in [-0.2, 0) is 22.7 Å². The van der Waals surface area contributed by atoms with Crippen LogP contribution in [0.5, 0.6) is 0 Å². The highest BCUT2D eigenvalue weighted by Crippen LogP contribution is 2.40. The van der Waals surface area contributed by atoms with Gasteiger partial charge in [-0.25, -0.2) is 21.9 Å². The van der Waals surface area contributed by atoms with Crippen LogP contribution in [0.2, 0.25) is 0 Å². The summed E-state index contributed by atoms with van der Waals surface area (Å²) in [5.74, 6) is 0. The Balaban J connectivity index is 1.90. The Morgan fingerprint density at radius 3 is 2.39 bits per heavy atom. The van der Waals surface area contributed by atoms with Gasteiger partial charge < -0.3 is 9.77 Å². The van der Waals surface area contributed by atoms with E-state index in [1.807, 2.05) is 20.8 Å². The van der Waals surface area contributed by atoms with Gasteiger partial charge in [0, 0.05) is 35.3 Å². The highest BCUT2D eigenvalue weighted by molar-refractivity contribution is 7.90. The van der Waals surface area contributed by atoms with Gasteiger partial charge in [0.25, 0.3) is 6.43 Å². The Labute approximate surface area is 205 Å². The summed E-state index contributed by atoms with van der Waals surface area (Å²) in [6.45, 7) is 6.03. The van der Waals surface area contributed by atoms with Crippen LogP contribution in [0.15, 0.2) is 42.9 Å². The number of alkyl halides is 5. The first kappa shape index (κ1) is 26.3. The number of hydrogen-bond acceptors (Lipinski definition) is 3. The lowest BCUT2D eigenvalue weighted by atomic mass is 9.96. The fourth-order valence-corrected chi connectivity index (χ4v) is 5.77. The Kier molecular flexibility index (Phi) is 6.57. The number of nitrogens with one attached hydrogen (secondary N) is 1. The molecule has 0 unspecified atom stereocenters. The van der Waals surface area contributed by atoms with E-state index in [-0.39, 0.29) is 32.2 Å². The van der Waals surface area contributed by atoms with Crippen molar-refractivity contribution in [3.8, 4) is 11.1 Å². The Morgan fingerprint density at radius 1 is 1.17 bits per heavy atom. The average molecular weight is 532 g/mol. The van der Waals surface area contributed by atoms with Crippen LogP contribution < -0.4 is 9.45 Å². The third-order valence-electron chi connectivity index (χ3n) is 5.95. The molecule has 1 fully saturated rings. The first-order chi connectivity index (χ1) is 16.6. The van der Waals surface area contributed by atoms with Crippen LogP contribution in [0, 0.1) is 10.6 Å². The smallest absolute Gasteiger partial charge is 0.417 e. The monoisotopic (exact) mass is 531 g/mol. The van der Waals surface area contributed by atoms with Gasteiger partial charge in [0.2, 0.25) is 10.0 Å². The van der Waals surface area contributed by atoms with E-state index < -0.39 is 39.5 Å². The number of sulfonamides is 1. The third kappa shape index (κ3) is 5.49. The van der Waals surface area contributed by atoms with Gasteiger partial charge in [0.05, 0.1) is 16.4 Å². The third-order valence-corrected chi connectivity index (χ3v) is 7.88. The maximum Gasteiger partial charge on any atom is 0.417 e. The second-order valence-corrected chi connectivity index (χ2v) is 12.3. The lowest BCUT2D eigenvalue weighted by Gasteiger charge is -2.20. The minimum atomic E-state index is -4.72. The molecule has 2 aromatic heterocycles. The maximum atomic E-state index is 14.1. The van der Waals surface area contributed by atoms with Crippen molar-refractivity contribution in [1.82, 2.24) is 9.29 Å². The number of benzene rings is 1. The number of hydrogen-bond donors (Lipinski definition) is 1. The van der Waals surface area contributed by atoms with Gasteiger partial charge in [-0.15, -0.1) is 0 Å². The molecule has 2 heterocycles. The van der Waals surface area contributed by atoms with Gasteiger partial charge >= 0.3 is 6.18 Å². The number of fused-ring (bicyclic) bond motifs is 1. The van der Waals surface area contributed by atoms with Crippen LogP contribution in [-0.4, -0.2) is 24.7 Å². The van der Waals surface area contributed by atoms with E-state index in [0.29, 0.717) is 31.0 Å². The zero-order valence-corrected chi connectivity index (χ0v) is 20.6. The number of pyridine rings is 1. The van der Waals surface area contributed by atoms with Crippen LogP contribution in [0.4, 0.5) is 22.0 Å². The first-order valence-corrected chi connectivity index (χ1v) is 12.8. The molecule has 196 valence electrons. The molecule has 6 nitrogen and oxygen atoms in total. The van der Waals surface area contributed by atoms with Crippen molar-refractivity contribution in [2.24, 2.45) is 5.41 Å². The molecule has 1 N–H and O–H groups in total. The van der Waals surface area contributed by atoms with Crippen molar-refractivity contribution in [2.75, 3.05) is 0 Å². The molecule has 1 aliphatic carbocycles. The summed E-state index contributed by atoms with van der Waals surface area (Å²) in [5, 5.41) is 11.4. The summed E-state index contributed by atoms with van der Waals surface area (Å²) in [4.78, 5) is 0. The molecular formula is C24H26F5N3O3S. The molecule has 1 atom stereocenters. The average Bonchev–Trinajstić information content (AvgIpc) is 3.55. The standard InChI is InChI=1S/C24H26F5N3O3S/c1-23(2,3)13-31-11-18(21(22(25)26)30-36(34,35)15-5-6-15)16-7-4-14(10-20(16)31)17-12-32(33)9-8-19(17)24(27,28)29/h4,7-12,15,21-22,30H,5-6,13H2,1-3H3/t21-/m0/s1. The van der Waals surface area contributed by atoms with E-state index in [1.54, 1.807) is 4.57 Å². The lowest BCUT2D eigenvalue weighted by Crippen LogP contribution is -2.35. The van der Waals surface area contributed by atoms with E-state index in [4.69, 9.17) is 0 Å². The van der Waals surface area contributed by atoms with Gasteiger partial charge in [-0.2, -0.15) is 17.9 Å². The lowest BCUT2D eigenvalue weighted by molar-refractivity contribution is -0.605. The van der Waals surface area contributed by atoms with Crippen LogP contribution >= 0.6 is 0 Å². The number of aromatic nitrogens is 2. The van der Waals surface area contributed by atoms with Crippen LogP contribution in [0.1, 0.15) is 50.8 Å². The van der Waals surface area contributed by atoms with E-state index in [9.17, 15) is 35.6 Å². The normalized spacial score (nSPS) is 16.1. The summed E-state index contributed by atoms with van der Waals surface area (Å²) in [6.07, 6.45) is -3.98. The van der Waals surface area contributed by atoms with Gasteiger partial charge in [-0.05, 0) is 29.9 Å². The Hall–Kier alpha value is -2.73. The summed E-state index contributed by atoms with van der Waals surface area (Å²) < 4.78 is 98.2. The topological polar surface area (TPSA) is 78.0 Å². The first-order valence-electron chi connectivity index (χ1n) is 11.3. The summed E-state index contributed by atoms with van der Waals surface area (Å²) in [7, 11) is -3.95. The predicted octanol–water partition coefficient (Wildman–Crippen LogP) is 5.39. The molecule has 0 amide bonds. The van der Waals surface area contributed by atoms with E-state index in [2.05, 4.69) is 4.72 Å². The summed E-state index contributed by atoms with van der Waals surface area (Å²) >= 11 is 0. The fraction of sp³-hybridized carbons (Fsp3) is 0.458. The molecule has 0 spiro atoms. The summed E-state index contributed by atoms with van der Waals surface area (Å²) in [6, 6.07) is 2.98. The molecule has 36 heavy (non-hydrogen) atoms. The molecule has 1 saturated carbocycles. The SMILES string of the molecule is CC(C)(C)Cn1cc([C@H](NS(=O)(=O)C2CC2)C(F)F)c2ccc(-c3c[n+]([O-])ccc3C(F)(F)F)cc21. The minimum absolute atomic E-state index is 0.0306. The largest absolute Gasteiger partial charge is 0.619 e. The molecule has 12 heteroatoms. The van der Waals surface area contributed by atoms with Crippen molar-refractivity contribution in [1.29, 1.82) is 0 Å². The predicted molar refractivity (Wildman–Crippen MR) is 125 cm³/mol. The van der Waals surface area contributed by atoms with Gasteiger partial charge in [-0.3, -0.25) is 0 Å². The molecule has 0 aliphatic heterocycles. The Bertz CT molecular complexity index is 1390. The molecule has 1 aromatic carbocycles. The zero-order chi connectivity index (χ0) is 26.6. The number of halogens is 5. The number of rotatable bonds is 7. The van der Waals surface area contributed by atoms with E-state index in [1.165, 1.54) is 24.4 Å². The maximum absolute atomic E-state index is 14.1. The van der Waals surface area contributed by atoms with Crippen LogP contribution in [0.25, 0.3) is 22.0 Å². The highest BCUT2D eigenvalue weighted by atomic mass is 32.2. The van der Waals surface area contributed by atoms with Crippen LogP contribution in [0.3, 0.4) is 0 Å². The fourth-order valence-electron chi connectivity index (χ4n) is 4.23. The van der Waals surface area contributed by atoms with Crippen molar-refractivity contribution in [2.45, 2.75) is 64.1 Å². The minimum Gasteiger partial charge on any atom is -0.619 e. The number of nitrogens with zero attached hydrogens (tertiary/aromatic N) is 2. The molecular weight excluding hydrogens is 505 g/mol. The van der Waals surface area contributed by atoms with Crippen molar-refractivity contribution >= 4 is 20.9 Å².